The third-order valence-electron chi connectivity index (χ3n) is 1.84. The summed E-state index contributed by atoms with van der Waals surface area (Å²) in [5.74, 6) is 0. The first kappa shape index (κ1) is 10.4. The average molecular weight is 243 g/mol. The first-order valence-corrected chi connectivity index (χ1v) is 4.63. The Hall–Kier alpha value is 0.280. The maximum atomic E-state index is 9.25. The molecule has 72 valence electrons. The molecule has 0 aromatic heterocycles. The van der Waals surface area contributed by atoms with Crippen LogP contribution in [-0.4, -0.2) is 56.5 Å². The molecule has 1 aliphatic heterocycles. The van der Waals surface area contributed by atoms with E-state index in [0.29, 0.717) is 0 Å². The minimum absolute atomic E-state index is 0.287. The zero-order valence-electron chi connectivity index (χ0n) is 6.17. The van der Waals surface area contributed by atoms with Gasteiger partial charge < -0.3 is 25.2 Å². The number of ether oxygens (including phenoxy) is 1. The van der Waals surface area contributed by atoms with Gasteiger partial charge >= 0.3 is 0 Å². The van der Waals surface area contributed by atoms with Gasteiger partial charge in [-0.1, -0.05) is 15.9 Å². The maximum absolute atomic E-state index is 9.25. The summed E-state index contributed by atoms with van der Waals surface area (Å²) < 4.78 is 4.78. The molecule has 0 aromatic rings. The molecule has 1 heterocycles. The van der Waals surface area contributed by atoms with Crippen LogP contribution in [0.15, 0.2) is 0 Å². The molecule has 1 rings (SSSR count). The van der Waals surface area contributed by atoms with Crippen LogP contribution < -0.4 is 0 Å². The van der Waals surface area contributed by atoms with Crippen molar-refractivity contribution in [3.8, 4) is 0 Å². The van der Waals surface area contributed by atoms with Crippen LogP contribution in [0.5, 0.6) is 0 Å². The van der Waals surface area contributed by atoms with Gasteiger partial charge in [0, 0.05) is 5.33 Å². The highest BCUT2D eigenvalue weighted by atomic mass is 79.9. The van der Waals surface area contributed by atoms with Crippen LogP contribution in [0.2, 0.25) is 0 Å². The highest BCUT2D eigenvalue weighted by Crippen LogP contribution is 2.20. The summed E-state index contributed by atoms with van der Waals surface area (Å²) in [7, 11) is 0. The van der Waals surface area contributed by atoms with Crippen molar-refractivity contribution in [2.24, 2.45) is 0 Å². The van der Waals surface area contributed by atoms with Crippen molar-refractivity contribution in [2.45, 2.75) is 30.7 Å². The summed E-state index contributed by atoms with van der Waals surface area (Å²) in [4.78, 5) is 0. The van der Waals surface area contributed by atoms with E-state index in [4.69, 9.17) is 20.1 Å². The zero-order valence-corrected chi connectivity index (χ0v) is 7.75. The smallest absolute Gasteiger partial charge is 0.183 e. The second-order valence-corrected chi connectivity index (χ2v) is 3.34. The van der Waals surface area contributed by atoms with Gasteiger partial charge in [0.1, 0.15) is 18.3 Å². The van der Waals surface area contributed by atoms with E-state index in [2.05, 4.69) is 15.9 Å². The topological polar surface area (TPSA) is 90.2 Å². The minimum atomic E-state index is -1.45. The van der Waals surface area contributed by atoms with Gasteiger partial charge in [-0.3, -0.25) is 0 Å². The lowest BCUT2D eigenvalue weighted by molar-refractivity contribution is -0.276. The number of halogens is 1. The van der Waals surface area contributed by atoms with Gasteiger partial charge in [0.05, 0.1) is 6.10 Å². The van der Waals surface area contributed by atoms with Gasteiger partial charge in [0.2, 0.25) is 0 Å². The second-order valence-electron chi connectivity index (χ2n) is 2.69. The molecule has 1 saturated heterocycles. The Kier molecular flexibility index (Phi) is 3.45. The molecule has 5 atom stereocenters. The lowest BCUT2D eigenvalue weighted by Crippen LogP contribution is -2.57. The van der Waals surface area contributed by atoms with Crippen molar-refractivity contribution in [2.75, 3.05) is 5.33 Å². The largest absolute Gasteiger partial charge is 0.388 e. The van der Waals surface area contributed by atoms with Gasteiger partial charge in [-0.15, -0.1) is 0 Å². The molecule has 12 heavy (non-hydrogen) atoms. The van der Waals surface area contributed by atoms with Gasteiger partial charge in [-0.2, -0.15) is 0 Å². The summed E-state index contributed by atoms with van der Waals surface area (Å²) in [5, 5.41) is 36.7. The first-order chi connectivity index (χ1) is 5.57. The number of hydrogen-bond acceptors (Lipinski definition) is 5. The summed E-state index contributed by atoms with van der Waals surface area (Å²) in [6.45, 7) is 0. The van der Waals surface area contributed by atoms with Crippen LogP contribution in [0, 0.1) is 0 Å². The summed E-state index contributed by atoms with van der Waals surface area (Å²) in [6, 6.07) is 0. The molecule has 0 saturated carbocycles. The predicted octanol–water partition coefficient (Wildman–Crippen LogP) is -1.82. The van der Waals surface area contributed by atoms with E-state index >= 15 is 0 Å². The van der Waals surface area contributed by atoms with Crippen molar-refractivity contribution in [1.82, 2.24) is 0 Å². The van der Waals surface area contributed by atoms with Gasteiger partial charge in [-0.25, -0.2) is 0 Å². The van der Waals surface area contributed by atoms with E-state index in [1.807, 2.05) is 0 Å². The van der Waals surface area contributed by atoms with Gasteiger partial charge in [0.25, 0.3) is 0 Å². The standard InChI is InChI=1S/C6H11BrO5/c7-1-2-3(8)4(9)5(10)6(11)12-2/h2-6,8-11H,1H2/t2-,3-,4+,5-,6?/m1/s1. The number of aliphatic hydroxyl groups is 4. The lowest BCUT2D eigenvalue weighted by atomic mass is 10.0. The second kappa shape index (κ2) is 3.99. The van der Waals surface area contributed by atoms with Crippen LogP contribution in [0.25, 0.3) is 0 Å². The highest BCUT2D eigenvalue weighted by molar-refractivity contribution is 9.09. The van der Waals surface area contributed by atoms with Crippen LogP contribution in [0.3, 0.4) is 0 Å². The van der Waals surface area contributed by atoms with Crippen molar-refractivity contribution < 1.29 is 25.2 Å². The maximum Gasteiger partial charge on any atom is 0.183 e. The molecule has 4 N–H and O–H groups in total. The molecule has 1 unspecified atom stereocenters. The van der Waals surface area contributed by atoms with Crippen LogP contribution in [0.4, 0.5) is 0 Å². The predicted molar refractivity (Wildman–Crippen MR) is 42.7 cm³/mol. The van der Waals surface area contributed by atoms with E-state index in [1.54, 1.807) is 0 Å². The molecule has 0 radical (unpaired) electrons. The average Bonchev–Trinajstić information content (AvgIpc) is 2.08. The van der Waals surface area contributed by atoms with Crippen molar-refractivity contribution in [3.63, 3.8) is 0 Å². The van der Waals surface area contributed by atoms with Crippen LogP contribution in [-0.2, 0) is 4.74 Å². The molecule has 0 spiro atoms. The Morgan fingerprint density at radius 1 is 1.00 bits per heavy atom. The third kappa shape index (κ3) is 1.78. The SMILES string of the molecule is OC1O[C@H](CBr)[C@@H](O)[C@H](O)[C@H]1O. The van der Waals surface area contributed by atoms with Crippen LogP contribution in [0.1, 0.15) is 0 Å². The number of rotatable bonds is 1. The Bertz CT molecular complexity index is 150. The van der Waals surface area contributed by atoms with Crippen molar-refractivity contribution in [3.05, 3.63) is 0 Å². The first-order valence-electron chi connectivity index (χ1n) is 3.51. The molecular formula is C6H11BrO5. The number of aliphatic hydroxyl groups excluding tert-OH is 4. The Morgan fingerprint density at radius 3 is 2.08 bits per heavy atom. The van der Waals surface area contributed by atoms with Gasteiger partial charge in [0.15, 0.2) is 6.29 Å². The molecule has 0 aromatic carbocycles. The fraction of sp³-hybridized carbons (Fsp3) is 1.00. The fourth-order valence-corrected chi connectivity index (χ4v) is 1.59. The molecule has 1 aliphatic rings. The third-order valence-corrected chi connectivity index (χ3v) is 2.48. The van der Waals surface area contributed by atoms with E-state index in [0.717, 1.165) is 0 Å². The minimum Gasteiger partial charge on any atom is -0.388 e. The highest BCUT2D eigenvalue weighted by Gasteiger charge is 2.42. The molecule has 0 aliphatic carbocycles. The summed E-state index contributed by atoms with van der Waals surface area (Å²) >= 11 is 3.04. The molecule has 5 nitrogen and oxygen atoms in total. The van der Waals surface area contributed by atoms with E-state index in [-0.39, 0.29) is 5.33 Å². The van der Waals surface area contributed by atoms with E-state index in [1.165, 1.54) is 0 Å². The molecule has 0 bridgehead atoms. The van der Waals surface area contributed by atoms with E-state index in [9.17, 15) is 5.11 Å². The molecule has 0 amide bonds. The molecule has 1 fully saturated rings. The molecular weight excluding hydrogens is 232 g/mol. The Balaban J connectivity index is 2.63. The summed E-state index contributed by atoms with van der Waals surface area (Å²) in [5.41, 5.74) is 0. The fourth-order valence-electron chi connectivity index (χ4n) is 1.06. The number of hydrogen-bond donors (Lipinski definition) is 4. The number of alkyl halides is 1. The van der Waals surface area contributed by atoms with E-state index < -0.39 is 30.7 Å². The quantitative estimate of drug-likeness (QED) is 0.407. The van der Waals surface area contributed by atoms with Crippen LogP contribution >= 0.6 is 15.9 Å². The van der Waals surface area contributed by atoms with Gasteiger partial charge in [-0.05, 0) is 0 Å². The Morgan fingerprint density at radius 2 is 1.58 bits per heavy atom. The summed E-state index contributed by atoms with van der Waals surface area (Å²) in [6.07, 6.45) is -6.13. The monoisotopic (exact) mass is 242 g/mol. The lowest BCUT2D eigenvalue weighted by Gasteiger charge is -2.37. The molecule has 6 heteroatoms. The zero-order chi connectivity index (χ0) is 9.30. The van der Waals surface area contributed by atoms with Crippen molar-refractivity contribution in [1.29, 1.82) is 0 Å². The normalized spacial score (nSPS) is 49.2. The Labute approximate surface area is 77.7 Å². The van der Waals surface area contributed by atoms with Crippen molar-refractivity contribution >= 4 is 15.9 Å².